The van der Waals surface area contributed by atoms with Gasteiger partial charge >= 0.3 is 0 Å². The van der Waals surface area contributed by atoms with Crippen LogP contribution in [0.1, 0.15) is 22.7 Å². The van der Waals surface area contributed by atoms with Crippen molar-refractivity contribution in [2.45, 2.75) is 12.6 Å². The van der Waals surface area contributed by atoms with Crippen molar-refractivity contribution in [1.29, 1.82) is 0 Å². The van der Waals surface area contributed by atoms with Gasteiger partial charge in [-0.15, -0.1) is 0 Å². The van der Waals surface area contributed by atoms with E-state index in [1.807, 2.05) is 30.3 Å². The Kier molecular flexibility index (Phi) is 6.32. The summed E-state index contributed by atoms with van der Waals surface area (Å²) in [6, 6.07) is 16.3. The number of rotatable bonds is 5. The molecule has 2 aliphatic heterocycles. The van der Waals surface area contributed by atoms with E-state index in [0.717, 1.165) is 5.56 Å². The summed E-state index contributed by atoms with van der Waals surface area (Å²) in [7, 11) is 1.40. The van der Waals surface area contributed by atoms with Gasteiger partial charge in [0.1, 0.15) is 19.0 Å². The van der Waals surface area contributed by atoms with E-state index in [2.05, 4.69) is 15.9 Å². The molecule has 1 saturated heterocycles. The lowest BCUT2D eigenvalue weighted by Crippen LogP contribution is -2.29. The van der Waals surface area contributed by atoms with Crippen LogP contribution in [0.4, 0.5) is 0 Å². The molecule has 9 heteroatoms. The molecule has 2 N–H and O–H groups in total. The first-order chi connectivity index (χ1) is 17.4. The highest BCUT2D eigenvalue weighted by atomic mass is 79.9. The number of Topliss-reactive ketones (excluding diaryl/α,β-unsaturated/α-hetero) is 1. The predicted molar refractivity (Wildman–Crippen MR) is 134 cm³/mol. The molecule has 36 heavy (non-hydrogen) atoms. The van der Waals surface area contributed by atoms with E-state index in [1.54, 1.807) is 30.3 Å². The van der Waals surface area contributed by atoms with Crippen LogP contribution in [-0.4, -0.2) is 47.1 Å². The Morgan fingerprint density at radius 3 is 2.50 bits per heavy atom. The molecule has 1 atom stereocenters. The van der Waals surface area contributed by atoms with Gasteiger partial charge < -0.3 is 29.3 Å². The van der Waals surface area contributed by atoms with Crippen molar-refractivity contribution >= 4 is 33.4 Å². The number of ether oxygens (including phenoxy) is 3. The van der Waals surface area contributed by atoms with E-state index in [9.17, 15) is 19.8 Å². The maximum Gasteiger partial charge on any atom is 0.295 e. The van der Waals surface area contributed by atoms with Crippen LogP contribution in [0, 0.1) is 0 Å². The van der Waals surface area contributed by atoms with Gasteiger partial charge in [-0.2, -0.15) is 0 Å². The number of hydrogen-bond donors (Lipinski definition) is 2. The van der Waals surface area contributed by atoms with Crippen molar-refractivity contribution in [3.05, 3.63) is 87.4 Å². The summed E-state index contributed by atoms with van der Waals surface area (Å²) in [5, 5.41) is 21.7. The number of halogens is 1. The number of hydrogen-bond acceptors (Lipinski definition) is 7. The Morgan fingerprint density at radius 1 is 1.06 bits per heavy atom. The molecule has 0 saturated carbocycles. The normalized spacial score (nSPS) is 18.4. The van der Waals surface area contributed by atoms with E-state index in [0.29, 0.717) is 40.3 Å². The summed E-state index contributed by atoms with van der Waals surface area (Å²) < 4.78 is 16.8. The maximum atomic E-state index is 13.3. The Labute approximate surface area is 215 Å². The zero-order valence-electron chi connectivity index (χ0n) is 19.2. The van der Waals surface area contributed by atoms with Gasteiger partial charge in [-0.05, 0) is 57.4 Å². The smallest absolute Gasteiger partial charge is 0.295 e. The Morgan fingerprint density at radius 2 is 1.78 bits per heavy atom. The zero-order valence-corrected chi connectivity index (χ0v) is 20.8. The number of phenolic OH excluding ortho intramolecular Hbond substituents is 1. The van der Waals surface area contributed by atoms with Crippen molar-refractivity contribution in [2.75, 3.05) is 20.3 Å². The van der Waals surface area contributed by atoms with Gasteiger partial charge in [0, 0.05) is 12.1 Å². The molecule has 2 heterocycles. The van der Waals surface area contributed by atoms with Gasteiger partial charge in [-0.3, -0.25) is 9.59 Å². The number of amides is 1. The predicted octanol–water partition coefficient (Wildman–Crippen LogP) is 4.56. The molecular formula is C27H22BrNO7. The Balaban J connectivity index is 1.68. The van der Waals surface area contributed by atoms with Crippen LogP contribution in [0.15, 0.2) is 70.7 Å². The molecule has 0 aliphatic carbocycles. The van der Waals surface area contributed by atoms with Crippen LogP contribution >= 0.6 is 15.9 Å². The fraction of sp³-hybridized carbons (Fsp3) is 0.185. The molecule has 0 radical (unpaired) electrons. The monoisotopic (exact) mass is 551 g/mol. The van der Waals surface area contributed by atoms with Crippen LogP contribution in [0.3, 0.4) is 0 Å². The molecule has 5 rings (SSSR count). The summed E-state index contributed by atoms with van der Waals surface area (Å²) in [5.41, 5.74) is 1.53. The molecule has 2 aliphatic rings. The van der Waals surface area contributed by atoms with Gasteiger partial charge in [0.15, 0.2) is 23.0 Å². The number of aromatic hydroxyl groups is 1. The fourth-order valence-electron chi connectivity index (χ4n) is 4.42. The van der Waals surface area contributed by atoms with Crippen LogP contribution in [-0.2, 0) is 16.1 Å². The lowest BCUT2D eigenvalue weighted by molar-refractivity contribution is -0.140. The number of ketones is 1. The molecule has 8 nitrogen and oxygen atoms in total. The van der Waals surface area contributed by atoms with E-state index in [4.69, 9.17) is 14.2 Å². The van der Waals surface area contributed by atoms with Crippen LogP contribution in [0.5, 0.6) is 23.0 Å². The fourth-order valence-corrected chi connectivity index (χ4v) is 4.88. The van der Waals surface area contributed by atoms with Crippen molar-refractivity contribution < 1.29 is 34.0 Å². The molecule has 1 fully saturated rings. The molecule has 1 amide bonds. The second-order valence-corrected chi connectivity index (χ2v) is 9.18. The molecule has 0 spiro atoms. The molecule has 0 aromatic heterocycles. The number of aliphatic hydroxyl groups is 1. The number of benzene rings is 3. The van der Waals surface area contributed by atoms with Crippen molar-refractivity contribution in [3.8, 4) is 23.0 Å². The second-order valence-electron chi connectivity index (χ2n) is 8.32. The third-order valence-corrected chi connectivity index (χ3v) is 6.74. The minimum absolute atomic E-state index is 0.0766. The average molecular weight is 552 g/mol. The standard InChI is InChI=1S/C27H22BrNO7/c1-34-21-13-17(11-18(28)25(21)31)23-22(24(30)16-7-8-19-20(12-16)36-10-9-35-19)26(32)27(33)29(23)14-15-5-3-2-4-6-15/h2-8,11-13,23,30-31H,9-10,14H2,1H3. The topological polar surface area (TPSA) is 106 Å². The first-order valence-corrected chi connectivity index (χ1v) is 12.0. The third kappa shape index (κ3) is 4.15. The lowest BCUT2D eigenvalue weighted by Gasteiger charge is -2.26. The number of phenols is 1. The summed E-state index contributed by atoms with van der Waals surface area (Å²) in [6.07, 6.45) is 0. The van der Waals surface area contributed by atoms with Gasteiger partial charge in [-0.1, -0.05) is 30.3 Å². The number of aliphatic hydroxyl groups excluding tert-OH is 1. The van der Waals surface area contributed by atoms with Crippen molar-refractivity contribution in [2.24, 2.45) is 0 Å². The van der Waals surface area contributed by atoms with Gasteiger partial charge in [-0.25, -0.2) is 0 Å². The summed E-state index contributed by atoms with van der Waals surface area (Å²) >= 11 is 3.32. The van der Waals surface area contributed by atoms with Crippen LogP contribution in [0.2, 0.25) is 0 Å². The van der Waals surface area contributed by atoms with E-state index >= 15 is 0 Å². The summed E-state index contributed by atoms with van der Waals surface area (Å²) in [5.74, 6) is -0.885. The van der Waals surface area contributed by atoms with Crippen molar-refractivity contribution in [1.82, 2.24) is 4.90 Å². The SMILES string of the molecule is COc1cc(C2C(=C(O)c3ccc4c(c3)OCCO4)C(=O)C(=O)N2Cc2ccccc2)cc(Br)c1O. The highest BCUT2D eigenvalue weighted by Gasteiger charge is 2.46. The third-order valence-electron chi connectivity index (χ3n) is 6.14. The molecule has 184 valence electrons. The molecule has 0 bridgehead atoms. The number of methoxy groups -OCH3 is 1. The summed E-state index contributed by atoms with van der Waals surface area (Å²) in [4.78, 5) is 28.0. The lowest BCUT2D eigenvalue weighted by atomic mass is 9.94. The highest BCUT2D eigenvalue weighted by molar-refractivity contribution is 9.10. The Bertz CT molecular complexity index is 1390. The minimum Gasteiger partial charge on any atom is -0.507 e. The number of carbonyl (C=O) groups is 2. The highest BCUT2D eigenvalue weighted by Crippen LogP contribution is 2.45. The quantitative estimate of drug-likeness (QED) is 0.272. The average Bonchev–Trinajstić information content (AvgIpc) is 3.15. The number of nitrogens with zero attached hydrogens (tertiary/aromatic N) is 1. The van der Waals surface area contributed by atoms with Gasteiger partial charge in [0.05, 0.1) is 23.2 Å². The maximum absolute atomic E-state index is 13.3. The zero-order chi connectivity index (χ0) is 25.4. The largest absolute Gasteiger partial charge is 0.507 e. The molecule has 3 aromatic carbocycles. The number of fused-ring (bicyclic) bond motifs is 1. The van der Waals surface area contributed by atoms with Crippen molar-refractivity contribution in [3.63, 3.8) is 0 Å². The van der Waals surface area contributed by atoms with E-state index < -0.39 is 17.7 Å². The first kappa shape index (κ1) is 23.7. The Hall–Kier alpha value is -3.98. The number of carbonyl (C=O) groups excluding carboxylic acids is 2. The van der Waals surface area contributed by atoms with Crippen LogP contribution < -0.4 is 14.2 Å². The second kappa shape index (κ2) is 9.58. The van der Waals surface area contributed by atoms with Crippen LogP contribution in [0.25, 0.3) is 5.76 Å². The molecular weight excluding hydrogens is 530 g/mol. The van der Waals surface area contributed by atoms with Gasteiger partial charge in [0.25, 0.3) is 11.7 Å². The summed E-state index contributed by atoms with van der Waals surface area (Å²) in [6.45, 7) is 0.912. The first-order valence-electron chi connectivity index (χ1n) is 11.2. The molecule has 3 aromatic rings. The van der Waals surface area contributed by atoms with E-state index in [-0.39, 0.29) is 29.4 Å². The van der Waals surface area contributed by atoms with Gasteiger partial charge in [0.2, 0.25) is 0 Å². The minimum atomic E-state index is -0.941. The van der Waals surface area contributed by atoms with E-state index in [1.165, 1.54) is 12.0 Å². The number of likely N-dealkylation sites (tertiary alicyclic amines) is 1. The molecule has 1 unspecified atom stereocenters.